The number of nitrogens with one attached hydrogen (secondary N) is 1. The van der Waals surface area contributed by atoms with E-state index in [2.05, 4.69) is 38.2 Å². The van der Waals surface area contributed by atoms with Crippen LogP contribution in [0.25, 0.3) is 0 Å². The molecular weight excluding hydrogens is 298 g/mol. The molecule has 0 heterocycles. The van der Waals surface area contributed by atoms with Crippen LogP contribution < -0.4 is 10.1 Å². The largest absolute Gasteiger partial charge is 0.457 e. The number of hydrogen-bond acceptors (Lipinski definition) is 2. The second-order valence-electron chi connectivity index (χ2n) is 6.08. The van der Waals surface area contributed by atoms with Crippen LogP contribution in [0, 0.1) is 0 Å². The molecule has 0 spiro atoms. The predicted molar refractivity (Wildman–Crippen MR) is 91.0 cm³/mol. The summed E-state index contributed by atoms with van der Waals surface area (Å²) in [5.41, 5.74) is 2.08. The van der Waals surface area contributed by atoms with Crippen LogP contribution in [0.15, 0.2) is 48.5 Å². The van der Waals surface area contributed by atoms with Gasteiger partial charge in [-0.3, -0.25) is 4.79 Å². The van der Waals surface area contributed by atoms with Gasteiger partial charge in [0.1, 0.15) is 17.4 Å². The summed E-state index contributed by atoms with van der Waals surface area (Å²) in [6, 6.07) is 15.2. The Bertz CT molecular complexity index is 628. The lowest BCUT2D eigenvalue weighted by atomic mass is 9.87. The molecule has 0 saturated heterocycles. The minimum Gasteiger partial charge on any atom is -0.457 e. The Morgan fingerprint density at radius 2 is 1.50 bits per heavy atom. The van der Waals surface area contributed by atoms with Gasteiger partial charge >= 0.3 is 0 Å². The summed E-state index contributed by atoms with van der Waals surface area (Å²) in [6.07, 6.45) is 0. The van der Waals surface area contributed by atoms with Gasteiger partial charge in [-0.1, -0.05) is 32.9 Å². The average molecular weight is 318 g/mol. The lowest BCUT2D eigenvalue weighted by Gasteiger charge is -2.19. The van der Waals surface area contributed by atoms with Crippen LogP contribution in [0.3, 0.4) is 0 Å². The van der Waals surface area contributed by atoms with Crippen LogP contribution in [0.4, 0.5) is 5.69 Å². The number of benzene rings is 2. The Morgan fingerprint density at radius 1 is 1.00 bits per heavy atom. The first-order chi connectivity index (χ1) is 10.4. The van der Waals surface area contributed by atoms with Crippen molar-refractivity contribution in [3.8, 4) is 11.5 Å². The molecule has 0 aliphatic carbocycles. The van der Waals surface area contributed by atoms with E-state index in [1.165, 1.54) is 5.56 Å². The van der Waals surface area contributed by atoms with Crippen LogP contribution >= 0.6 is 11.6 Å². The van der Waals surface area contributed by atoms with E-state index in [4.69, 9.17) is 16.3 Å². The number of anilines is 1. The molecule has 0 unspecified atom stereocenters. The first-order valence-corrected chi connectivity index (χ1v) is 7.66. The Morgan fingerprint density at radius 3 is 1.95 bits per heavy atom. The normalized spacial score (nSPS) is 11.1. The van der Waals surface area contributed by atoms with Gasteiger partial charge in [0, 0.05) is 5.69 Å². The minimum atomic E-state index is -0.229. The number of alkyl halides is 1. The molecule has 0 radical (unpaired) electrons. The zero-order valence-corrected chi connectivity index (χ0v) is 13.8. The molecule has 1 amide bonds. The smallest absolute Gasteiger partial charge is 0.239 e. The molecule has 0 aromatic heterocycles. The van der Waals surface area contributed by atoms with Crippen LogP contribution in [-0.4, -0.2) is 11.8 Å². The Balaban J connectivity index is 2.03. The number of ether oxygens (including phenoxy) is 1. The van der Waals surface area contributed by atoms with Gasteiger partial charge in [-0.2, -0.15) is 0 Å². The van der Waals surface area contributed by atoms with Crippen molar-refractivity contribution in [2.45, 2.75) is 26.2 Å². The van der Waals surface area contributed by atoms with Crippen LogP contribution in [-0.2, 0) is 10.2 Å². The topological polar surface area (TPSA) is 38.3 Å². The summed E-state index contributed by atoms with van der Waals surface area (Å²) >= 11 is 5.45. The summed E-state index contributed by atoms with van der Waals surface area (Å²) in [4.78, 5) is 11.2. The van der Waals surface area contributed by atoms with Crippen molar-refractivity contribution < 1.29 is 9.53 Å². The SMILES string of the molecule is CC(C)(C)c1ccc(Oc2ccc(NC(=O)CCl)cc2)cc1. The van der Waals surface area contributed by atoms with Crippen LogP contribution in [0.1, 0.15) is 26.3 Å². The van der Waals surface area contributed by atoms with E-state index in [1.54, 1.807) is 12.1 Å². The zero-order chi connectivity index (χ0) is 16.2. The summed E-state index contributed by atoms with van der Waals surface area (Å²) < 4.78 is 5.79. The highest BCUT2D eigenvalue weighted by Crippen LogP contribution is 2.27. The maximum Gasteiger partial charge on any atom is 0.239 e. The first kappa shape index (κ1) is 16.4. The molecule has 0 fully saturated rings. The van der Waals surface area contributed by atoms with Crippen molar-refractivity contribution in [3.63, 3.8) is 0 Å². The molecule has 0 atom stereocenters. The number of halogens is 1. The minimum absolute atomic E-state index is 0.0572. The van der Waals surface area contributed by atoms with Crippen LogP contribution in [0.5, 0.6) is 11.5 Å². The maximum absolute atomic E-state index is 11.2. The zero-order valence-electron chi connectivity index (χ0n) is 13.0. The van der Waals surface area contributed by atoms with Crippen molar-refractivity contribution in [1.82, 2.24) is 0 Å². The molecule has 2 aromatic carbocycles. The lowest BCUT2D eigenvalue weighted by Crippen LogP contribution is -2.12. The van der Waals surface area contributed by atoms with E-state index >= 15 is 0 Å². The fourth-order valence-electron chi connectivity index (χ4n) is 1.96. The molecule has 2 rings (SSSR count). The van der Waals surface area contributed by atoms with Gasteiger partial charge in [0.2, 0.25) is 5.91 Å². The van der Waals surface area contributed by atoms with Gasteiger partial charge in [-0.25, -0.2) is 0 Å². The van der Waals surface area contributed by atoms with Gasteiger partial charge < -0.3 is 10.1 Å². The third-order valence-corrected chi connectivity index (χ3v) is 3.46. The van der Waals surface area contributed by atoms with Crippen molar-refractivity contribution >= 4 is 23.2 Å². The Hall–Kier alpha value is -2.00. The second kappa shape index (κ2) is 6.84. The van der Waals surface area contributed by atoms with Gasteiger partial charge in [-0.15, -0.1) is 11.6 Å². The standard InChI is InChI=1S/C18H20ClNO2/c1-18(2,3)13-4-8-15(9-5-13)22-16-10-6-14(7-11-16)20-17(21)12-19/h4-11H,12H2,1-3H3,(H,20,21). The van der Waals surface area contributed by atoms with Gasteiger partial charge in [0.25, 0.3) is 0 Å². The summed E-state index contributed by atoms with van der Waals surface area (Å²) in [5, 5.41) is 2.68. The van der Waals surface area contributed by atoms with E-state index < -0.39 is 0 Å². The Labute approximate surface area is 136 Å². The third-order valence-electron chi connectivity index (χ3n) is 3.22. The second-order valence-corrected chi connectivity index (χ2v) is 6.35. The molecule has 3 nitrogen and oxygen atoms in total. The monoisotopic (exact) mass is 317 g/mol. The number of carbonyl (C=O) groups is 1. The molecule has 0 bridgehead atoms. The van der Waals surface area contributed by atoms with Crippen molar-refractivity contribution in [1.29, 1.82) is 0 Å². The number of hydrogen-bond donors (Lipinski definition) is 1. The molecule has 0 aliphatic heterocycles. The highest BCUT2D eigenvalue weighted by atomic mass is 35.5. The van der Waals surface area contributed by atoms with Crippen LogP contribution in [0.2, 0.25) is 0 Å². The highest BCUT2D eigenvalue weighted by molar-refractivity contribution is 6.29. The maximum atomic E-state index is 11.2. The van der Waals surface area contributed by atoms with E-state index in [-0.39, 0.29) is 17.2 Å². The molecular formula is C18H20ClNO2. The first-order valence-electron chi connectivity index (χ1n) is 7.13. The van der Waals surface area contributed by atoms with E-state index in [1.807, 2.05) is 24.3 Å². The summed E-state index contributed by atoms with van der Waals surface area (Å²) in [7, 11) is 0. The number of rotatable bonds is 4. The highest BCUT2D eigenvalue weighted by Gasteiger charge is 2.13. The number of carbonyl (C=O) groups excluding carboxylic acids is 1. The van der Waals surface area contributed by atoms with E-state index in [0.717, 1.165) is 5.75 Å². The predicted octanol–water partition coefficient (Wildman–Crippen LogP) is 4.95. The van der Waals surface area contributed by atoms with Crippen molar-refractivity contribution in [2.24, 2.45) is 0 Å². The third kappa shape index (κ3) is 4.50. The summed E-state index contributed by atoms with van der Waals surface area (Å²) in [6.45, 7) is 6.53. The van der Waals surface area contributed by atoms with Crippen molar-refractivity contribution in [2.75, 3.05) is 11.2 Å². The molecule has 0 aliphatic rings. The molecule has 0 saturated carbocycles. The van der Waals surface area contributed by atoms with E-state index in [0.29, 0.717) is 11.4 Å². The molecule has 2 aromatic rings. The van der Waals surface area contributed by atoms with Crippen molar-refractivity contribution in [3.05, 3.63) is 54.1 Å². The molecule has 4 heteroatoms. The lowest BCUT2D eigenvalue weighted by molar-refractivity contribution is -0.113. The average Bonchev–Trinajstić information content (AvgIpc) is 2.49. The summed E-state index contributed by atoms with van der Waals surface area (Å²) in [5.74, 6) is 1.21. The van der Waals surface area contributed by atoms with Gasteiger partial charge in [-0.05, 0) is 47.4 Å². The Kier molecular flexibility index (Phi) is 5.09. The molecule has 22 heavy (non-hydrogen) atoms. The van der Waals surface area contributed by atoms with Gasteiger partial charge in [0.05, 0.1) is 0 Å². The molecule has 116 valence electrons. The fraction of sp³-hybridized carbons (Fsp3) is 0.278. The van der Waals surface area contributed by atoms with E-state index in [9.17, 15) is 4.79 Å². The van der Waals surface area contributed by atoms with Gasteiger partial charge in [0.15, 0.2) is 0 Å². The molecule has 1 N–H and O–H groups in total. The quantitative estimate of drug-likeness (QED) is 0.810. The fourth-order valence-corrected chi connectivity index (χ4v) is 2.03. The number of amides is 1.